The minimum absolute atomic E-state index is 0.0580. The molecule has 0 bridgehead atoms. The zero-order valence-corrected chi connectivity index (χ0v) is 15.1. The van der Waals surface area contributed by atoms with Gasteiger partial charge in [0.2, 0.25) is 0 Å². The fourth-order valence-electron chi connectivity index (χ4n) is 2.68. The lowest BCUT2D eigenvalue weighted by atomic mass is 10.1. The van der Waals surface area contributed by atoms with Gasteiger partial charge in [-0.2, -0.15) is 15.0 Å². The molecule has 134 valence electrons. The molecule has 3 aromatic rings. The number of nitrogens with zero attached hydrogens (tertiary/aromatic N) is 3. The Hall–Kier alpha value is -3.72. The van der Waals surface area contributed by atoms with E-state index in [1.54, 1.807) is 19.1 Å². The molecule has 0 spiro atoms. The van der Waals surface area contributed by atoms with Gasteiger partial charge in [0, 0.05) is 12.1 Å². The molecule has 1 N–H and O–H groups in total. The van der Waals surface area contributed by atoms with Crippen molar-refractivity contribution in [3.63, 3.8) is 0 Å². The molecular formula is C21H18N4O2. The van der Waals surface area contributed by atoms with Crippen LogP contribution in [0.4, 0.5) is 0 Å². The lowest BCUT2D eigenvalue weighted by molar-refractivity contribution is 0.0943. The third kappa shape index (κ3) is 3.77. The molecule has 0 aliphatic heterocycles. The summed E-state index contributed by atoms with van der Waals surface area (Å²) in [6.07, 6.45) is 0. The summed E-state index contributed by atoms with van der Waals surface area (Å²) in [6.45, 7) is 3.81. The molecule has 6 nitrogen and oxygen atoms in total. The molecule has 0 radical (unpaired) electrons. The number of amides is 1. The van der Waals surface area contributed by atoms with E-state index in [0.29, 0.717) is 12.2 Å². The van der Waals surface area contributed by atoms with Crippen LogP contribution in [0.1, 0.15) is 32.7 Å². The van der Waals surface area contributed by atoms with Crippen LogP contribution in [0.3, 0.4) is 0 Å². The second-order valence-corrected chi connectivity index (χ2v) is 6.18. The number of carbonyl (C=O) groups is 1. The number of rotatable bonds is 4. The molecule has 2 aromatic carbocycles. The highest BCUT2D eigenvalue weighted by Crippen LogP contribution is 2.11. The molecule has 27 heavy (non-hydrogen) atoms. The molecule has 0 aliphatic carbocycles. The van der Waals surface area contributed by atoms with Crippen LogP contribution in [0.25, 0.3) is 5.69 Å². The summed E-state index contributed by atoms with van der Waals surface area (Å²) in [7, 11) is 0. The second-order valence-electron chi connectivity index (χ2n) is 6.18. The van der Waals surface area contributed by atoms with Gasteiger partial charge in [0.1, 0.15) is 11.6 Å². The number of nitriles is 1. The zero-order valence-electron chi connectivity index (χ0n) is 15.1. The van der Waals surface area contributed by atoms with E-state index in [0.717, 1.165) is 15.8 Å². The van der Waals surface area contributed by atoms with Gasteiger partial charge in [0.05, 0.1) is 5.69 Å². The molecule has 0 aliphatic rings. The Bertz CT molecular complexity index is 1080. The van der Waals surface area contributed by atoms with E-state index < -0.39 is 11.5 Å². The summed E-state index contributed by atoms with van der Waals surface area (Å²) in [5, 5.41) is 16.4. The quantitative estimate of drug-likeness (QED) is 0.777. The van der Waals surface area contributed by atoms with Crippen molar-refractivity contribution in [2.45, 2.75) is 20.4 Å². The van der Waals surface area contributed by atoms with E-state index >= 15 is 0 Å². The Morgan fingerprint density at radius 3 is 2.41 bits per heavy atom. The van der Waals surface area contributed by atoms with E-state index in [9.17, 15) is 14.9 Å². The highest BCUT2D eigenvalue weighted by atomic mass is 16.2. The molecule has 1 aromatic heterocycles. The maximum Gasteiger partial charge on any atom is 0.289 e. The van der Waals surface area contributed by atoms with Crippen LogP contribution in [-0.2, 0) is 6.54 Å². The SMILES string of the molecule is Cc1ccc(-n2nc(C(=O)NCc3ccccc3)c(C)c(C#N)c2=O)cc1. The smallest absolute Gasteiger partial charge is 0.289 e. The summed E-state index contributed by atoms with van der Waals surface area (Å²) in [6, 6.07) is 18.5. The first-order valence-corrected chi connectivity index (χ1v) is 8.44. The normalized spacial score (nSPS) is 10.3. The molecule has 0 fully saturated rings. The Morgan fingerprint density at radius 2 is 1.78 bits per heavy atom. The predicted octanol–water partition coefficient (Wildman–Crippen LogP) is 2.65. The number of benzene rings is 2. The highest BCUT2D eigenvalue weighted by Gasteiger charge is 2.20. The maximum absolute atomic E-state index is 12.7. The van der Waals surface area contributed by atoms with Gasteiger partial charge in [-0.05, 0) is 31.5 Å². The lowest BCUT2D eigenvalue weighted by Crippen LogP contribution is -2.32. The molecule has 1 heterocycles. The van der Waals surface area contributed by atoms with Crippen LogP contribution in [0.2, 0.25) is 0 Å². The van der Waals surface area contributed by atoms with Gasteiger partial charge in [0.15, 0.2) is 5.69 Å². The standard InChI is InChI=1S/C21H18N4O2/c1-14-8-10-17(11-9-14)25-21(27)18(12-22)15(2)19(24-25)20(26)23-13-16-6-4-3-5-7-16/h3-11H,13H2,1-2H3,(H,23,26). The molecule has 0 saturated heterocycles. The van der Waals surface area contributed by atoms with Crippen LogP contribution in [-0.4, -0.2) is 15.7 Å². The van der Waals surface area contributed by atoms with Crippen molar-refractivity contribution in [2.75, 3.05) is 0 Å². The number of carbonyl (C=O) groups excluding carboxylic acids is 1. The average Bonchev–Trinajstić information content (AvgIpc) is 2.68. The van der Waals surface area contributed by atoms with Gasteiger partial charge in [-0.25, -0.2) is 0 Å². The summed E-state index contributed by atoms with van der Waals surface area (Å²) < 4.78 is 1.10. The van der Waals surface area contributed by atoms with Crippen molar-refractivity contribution in [1.29, 1.82) is 5.26 Å². The topological polar surface area (TPSA) is 87.8 Å². The van der Waals surface area contributed by atoms with Crippen molar-refractivity contribution in [1.82, 2.24) is 15.1 Å². The van der Waals surface area contributed by atoms with Crippen molar-refractivity contribution in [2.24, 2.45) is 0 Å². The fraction of sp³-hybridized carbons (Fsp3) is 0.143. The van der Waals surface area contributed by atoms with Crippen LogP contribution in [0, 0.1) is 25.2 Å². The first-order valence-electron chi connectivity index (χ1n) is 8.44. The minimum Gasteiger partial charge on any atom is -0.347 e. The number of hydrogen-bond acceptors (Lipinski definition) is 4. The summed E-state index contributed by atoms with van der Waals surface area (Å²) in [4.78, 5) is 25.3. The first-order chi connectivity index (χ1) is 13.0. The number of aromatic nitrogens is 2. The summed E-state index contributed by atoms with van der Waals surface area (Å²) in [5.41, 5.74) is 2.17. The maximum atomic E-state index is 12.7. The zero-order chi connectivity index (χ0) is 19.4. The third-order valence-electron chi connectivity index (χ3n) is 4.24. The Balaban J connectivity index is 2.00. The molecule has 0 unspecified atom stereocenters. The van der Waals surface area contributed by atoms with E-state index in [1.165, 1.54) is 0 Å². The van der Waals surface area contributed by atoms with Crippen LogP contribution in [0.15, 0.2) is 59.4 Å². The number of nitrogens with one attached hydrogen (secondary N) is 1. The average molecular weight is 358 g/mol. The van der Waals surface area contributed by atoms with Gasteiger partial charge < -0.3 is 5.32 Å². The monoisotopic (exact) mass is 358 g/mol. The lowest BCUT2D eigenvalue weighted by Gasteiger charge is -2.12. The molecule has 0 saturated carbocycles. The molecule has 0 atom stereocenters. The van der Waals surface area contributed by atoms with Crippen molar-refractivity contribution in [3.05, 3.63) is 92.9 Å². The minimum atomic E-state index is -0.543. The van der Waals surface area contributed by atoms with Gasteiger partial charge in [0.25, 0.3) is 11.5 Å². The predicted molar refractivity (Wildman–Crippen MR) is 102 cm³/mol. The van der Waals surface area contributed by atoms with Gasteiger partial charge >= 0.3 is 0 Å². The van der Waals surface area contributed by atoms with Crippen molar-refractivity contribution < 1.29 is 4.79 Å². The van der Waals surface area contributed by atoms with Gasteiger partial charge in [-0.3, -0.25) is 9.59 Å². The molecular weight excluding hydrogens is 340 g/mol. The van der Waals surface area contributed by atoms with Crippen LogP contribution >= 0.6 is 0 Å². The largest absolute Gasteiger partial charge is 0.347 e. The molecule has 1 amide bonds. The van der Waals surface area contributed by atoms with E-state index in [-0.39, 0.29) is 16.8 Å². The van der Waals surface area contributed by atoms with Crippen LogP contribution < -0.4 is 10.9 Å². The van der Waals surface area contributed by atoms with Gasteiger partial charge in [-0.15, -0.1) is 0 Å². The first kappa shape index (κ1) is 18.1. The summed E-state index contributed by atoms with van der Waals surface area (Å²) >= 11 is 0. The fourth-order valence-corrected chi connectivity index (χ4v) is 2.68. The molecule has 3 rings (SSSR count). The van der Waals surface area contributed by atoms with E-state index in [2.05, 4.69) is 10.4 Å². The number of aryl methyl sites for hydroxylation is 1. The highest BCUT2D eigenvalue weighted by molar-refractivity contribution is 5.94. The second kappa shape index (κ2) is 7.67. The Morgan fingerprint density at radius 1 is 1.11 bits per heavy atom. The van der Waals surface area contributed by atoms with E-state index in [1.807, 2.05) is 55.5 Å². The molecule has 6 heteroatoms. The summed E-state index contributed by atoms with van der Waals surface area (Å²) in [5.74, 6) is -0.436. The Kier molecular flexibility index (Phi) is 5.13. The van der Waals surface area contributed by atoms with E-state index in [4.69, 9.17) is 0 Å². The van der Waals surface area contributed by atoms with Crippen molar-refractivity contribution in [3.8, 4) is 11.8 Å². The Labute approximate surface area is 156 Å². The van der Waals surface area contributed by atoms with Gasteiger partial charge in [-0.1, -0.05) is 48.0 Å². The number of hydrogen-bond donors (Lipinski definition) is 1. The van der Waals surface area contributed by atoms with Crippen LogP contribution in [0.5, 0.6) is 0 Å². The van der Waals surface area contributed by atoms with Crippen molar-refractivity contribution >= 4 is 5.91 Å². The third-order valence-corrected chi connectivity index (χ3v) is 4.24.